The van der Waals surface area contributed by atoms with Crippen LogP contribution in [0.5, 0.6) is 0 Å². The van der Waals surface area contributed by atoms with Gasteiger partial charge in [0.1, 0.15) is 5.82 Å². The van der Waals surface area contributed by atoms with Crippen LogP contribution in [0.25, 0.3) is 0 Å². The summed E-state index contributed by atoms with van der Waals surface area (Å²) in [6, 6.07) is 11.5. The minimum absolute atomic E-state index is 0.165. The van der Waals surface area contributed by atoms with Gasteiger partial charge in [-0.15, -0.1) is 0 Å². The SMILES string of the molecule is Cc1ccc(NC=CC(=O)c2ccc(F)cc2)cc1C. The number of carbonyl (C=O) groups is 1. The maximum atomic E-state index is 12.8. The van der Waals surface area contributed by atoms with Gasteiger partial charge in [-0.1, -0.05) is 6.07 Å². The van der Waals surface area contributed by atoms with Crippen LogP contribution in [0.4, 0.5) is 10.1 Å². The van der Waals surface area contributed by atoms with Crippen molar-refractivity contribution in [1.82, 2.24) is 0 Å². The molecule has 0 amide bonds. The molecule has 1 N–H and O–H groups in total. The topological polar surface area (TPSA) is 29.1 Å². The predicted molar refractivity (Wildman–Crippen MR) is 79.4 cm³/mol. The molecule has 0 unspecified atom stereocenters. The van der Waals surface area contributed by atoms with Gasteiger partial charge in [-0.2, -0.15) is 0 Å². The number of nitrogens with one attached hydrogen (secondary N) is 1. The highest BCUT2D eigenvalue weighted by molar-refractivity contribution is 6.04. The van der Waals surface area contributed by atoms with Crippen molar-refractivity contribution in [2.24, 2.45) is 0 Å². The Balaban J connectivity index is 2.00. The number of anilines is 1. The molecule has 0 fully saturated rings. The molecule has 0 bridgehead atoms. The first-order valence-corrected chi connectivity index (χ1v) is 6.36. The van der Waals surface area contributed by atoms with Gasteiger partial charge in [0.15, 0.2) is 5.78 Å². The summed E-state index contributed by atoms with van der Waals surface area (Å²) in [5, 5.41) is 3.05. The minimum atomic E-state index is -0.348. The van der Waals surface area contributed by atoms with E-state index in [2.05, 4.69) is 5.32 Å². The first-order valence-electron chi connectivity index (χ1n) is 6.36. The summed E-state index contributed by atoms with van der Waals surface area (Å²) in [6.45, 7) is 4.08. The van der Waals surface area contributed by atoms with Crippen LogP contribution in [0.15, 0.2) is 54.7 Å². The van der Waals surface area contributed by atoms with Crippen molar-refractivity contribution in [3.8, 4) is 0 Å². The molecule has 0 aromatic heterocycles. The molecule has 2 aromatic carbocycles. The summed E-state index contributed by atoms with van der Waals surface area (Å²) in [5.74, 6) is -0.514. The van der Waals surface area contributed by atoms with Crippen molar-refractivity contribution in [2.45, 2.75) is 13.8 Å². The fourth-order valence-electron chi connectivity index (χ4n) is 1.76. The molecule has 2 rings (SSSR count). The molecule has 0 aliphatic heterocycles. The molecule has 3 heteroatoms. The first kappa shape index (κ1) is 14.0. The van der Waals surface area contributed by atoms with Crippen LogP contribution in [0, 0.1) is 19.7 Å². The van der Waals surface area contributed by atoms with Crippen LogP contribution in [-0.2, 0) is 0 Å². The van der Waals surface area contributed by atoms with Crippen LogP contribution in [0.2, 0.25) is 0 Å². The standard InChI is InChI=1S/C17H16FNO/c1-12-3-8-16(11-13(12)2)19-10-9-17(20)14-4-6-15(18)7-5-14/h3-11,19H,1-2H3. The summed E-state index contributed by atoms with van der Waals surface area (Å²) >= 11 is 0. The number of halogens is 1. The molecule has 2 nitrogen and oxygen atoms in total. The number of allylic oxidation sites excluding steroid dienone is 1. The van der Waals surface area contributed by atoms with Gasteiger partial charge in [-0.3, -0.25) is 4.79 Å². The summed E-state index contributed by atoms with van der Waals surface area (Å²) in [6.07, 6.45) is 3.03. The Labute approximate surface area is 118 Å². The molecule has 0 radical (unpaired) electrons. The zero-order chi connectivity index (χ0) is 14.5. The van der Waals surface area contributed by atoms with E-state index in [0.717, 1.165) is 5.69 Å². The third-order valence-electron chi connectivity index (χ3n) is 3.12. The van der Waals surface area contributed by atoms with Crippen molar-refractivity contribution in [2.75, 3.05) is 5.32 Å². The van der Waals surface area contributed by atoms with Gasteiger partial charge in [0.2, 0.25) is 0 Å². The van der Waals surface area contributed by atoms with E-state index in [1.807, 2.05) is 32.0 Å². The molecule has 0 spiro atoms. The Morgan fingerprint density at radius 3 is 2.40 bits per heavy atom. The molecule has 0 saturated heterocycles. The maximum absolute atomic E-state index is 12.8. The molecule has 20 heavy (non-hydrogen) atoms. The van der Waals surface area contributed by atoms with E-state index in [-0.39, 0.29) is 11.6 Å². The van der Waals surface area contributed by atoms with Crippen LogP contribution >= 0.6 is 0 Å². The van der Waals surface area contributed by atoms with Gasteiger partial charge in [0, 0.05) is 23.5 Å². The summed E-state index contributed by atoms with van der Waals surface area (Å²) in [5.41, 5.74) is 3.80. The van der Waals surface area contributed by atoms with Crippen LogP contribution < -0.4 is 5.32 Å². The fourth-order valence-corrected chi connectivity index (χ4v) is 1.76. The van der Waals surface area contributed by atoms with E-state index in [4.69, 9.17) is 0 Å². The van der Waals surface area contributed by atoms with Gasteiger partial charge in [0.05, 0.1) is 0 Å². The Kier molecular flexibility index (Phi) is 4.31. The van der Waals surface area contributed by atoms with E-state index in [0.29, 0.717) is 5.56 Å². The molecular formula is C17H16FNO. The van der Waals surface area contributed by atoms with Crippen LogP contribution in [0.3, 0.4) is 0 Å². The lowest BCUT2D eigenvalue weighted by molar-refractivity contribution is 0.104. The molecule has 102 valence electrons. The van der Waals surface area contributed by atoms with E-state index < -0.39 is 0 Å². The largest absolute Gasteiger partial charge is 0.362 e. The second-order valence-corrected chi connectivity index (χ2v) is 4.65. The average molecular weight is 269 g/mol. The Morgan fingerprint density at radius 2 is 1.75 bits per heavy atom. The number of rotatable bonds is 4. The number of hydrogen-bond acceptors (Lipinski definition) is 2. The zero-order valence-electron chi connectivity index (χ0n) is 11.5. The highest BCUT2D eigenvalue weighted by Crippen LogP contribution is 2.14. The van der Waals surface area contributed by atoms with Gasteiger partial charge in [-0.25, -0.2) is 4.39 Å². The maximum Gasteiger partial charge on any atom is 0.187 e. The number of aryl methyl sites for hydroxylation is 2. The third-order valence-corrected chi connectivity index (χ3v) is 3.12. The number of hydrogen-bond donors (Lipinski definition) is 1. The molecule has 0 saturated carbocycles. The van der Waals surface area contributed by atoms with Crippen LogP contribution in [-0.4, -0.2) is 5.78 Å². The van der Waals surface area contributed by atoms with Crippen molar-refractivity contribution in [1.29, 1.82) is 0 Å². The summed E-state index contributed by atoms with van der Waals surface area (Å²) in [4.78, 5) is 11.8. The van der Waals surface area contributed by atoms with Crippen molar-refractivity contribution in [3.63, 3.8) is 0 Å². The van der Waals surface area contributed by atoms with Gasteiger partial charge in [0.25, 0.3) is 0 Å². The number of benzene rings is 2. The summed E-state index contributed by atoms with van der Waals surface area (Å²) in [7, 11) is 0. The Hall–Kier alpha value is -2.42. The lowest BCUT2D eigenvalue weighted by atomic mass is 10.1. The first-order chi connectivity index (χ1) is 9.56. The van der Waals surface area contributed by atoms with Crippen LogP contribution in [0.1, 0.15) is 21.5 Å². The normalized spacial score (nSPS) is 10.8. The lowest BCUT2D eigenvalue weighted by Crippen LogP contribution is -1.96. The van der Waals surface area contributed by atoms with Gasteiger partial charge >= 0.3 is 0 Å². The Bertz CT molecular complexity index is 645. The lowest BCUT2D eigenvalue weighted by Gasteiger charge is -2.04. The molecule has 0 aliphatic rings. The van der Waals surface area contributed by atoms with Crippen molar-refractivity contribution < 1.29 is 9.18 Å². The second kappa shape index (κ2) is 6.15. The monoisotopic (exact) mass is 269 g/mol. The number of carbonyl (C=O) groups excluding carboxylic acids is 1. The number of ketones is 1. The van der Waals surface area contributed by atoms with Gasteiger partial charge < -0.3 is 5.32 Å². The minimum Gasteiger partial charge on any atom is -0.362 e. The molecule has 0 heterocycles. The highest BCUT2D eigenvalue weighted by atomic mass is 19.1. The van der Waals surface area contributed by atoms with Gasteiger partial charge in [-0.05, 0) is 61.4 Å². The van der Waals surface area contributed by atoms with E-state index in [1.54, 1.807) is 6.20 Å². The van der Waals surface area contributed by atoms with E-state index in [1.165, 1.54) is 41.5 Å². The third kappa shape index (κ3) is 3.54. The molecule has 0 aliphatic carbocycles. The molecular weight excluding hydrogens is 253 g/mol. The summed E-state index contributed by atoms with van der Waals surface area (Å²) < 4.78 is 12.8. The predicted octanol–water partition coefficient (Wildman–Crippen LogP) is 4.25. The zero-order valence-corrected chi connectivity index (χ0v) is 11.5. The second-order valence-electron chi connectivity index (χ2n) is 4.65. The molecule has 2 aromatic rings. The quantitative estimate of drug-likeness (QED) is 0.664. The highest BCUT2D eigenvalue weighted by Gasteiger charge is 2.01. The van der Waals surface area contributed by atoms with Crippen molar-refractivity contribution >= 4 is 11.5 Å². The Morgan fingerprint density at radius 1 is 1.05 bits per heavy atom. The smallest absolute Gasteiger partial charge is 0.187 e. The van der Waals surface area contributed by atoms with E-state index in [9.17, 15) is 9.18 Å². The fraction of sp³-hybridized carbons (Fsp3) is 0.118. The average Bonchev–Trinajstić information content (AvgIpc) is 2.43. The van der Waals surface area contributed by atoms with Crippen molar-refractivity contribution in [3.05, 3.63) is 77.2 Å². The van der Waals surface area contributed by atoms with E-state index >= 15 is 0 Å². The molecule has 0 atom stereocenters.